The Hall–Kier alpha value is -1.86. The van der Waals surface area contributed by atoms with Crippen LogP contribution in [0.25, 0.3) is 0 Å². The molecule has 0 saturated heterocycles. The summed E-state index contributed by atoms with van der Waals surface area (Å²) in [4.78, 5) is 0.186. The minimum absolute atomic E-state index is 0.135. The first kappa shape index (κ1) is 14.5. The third kappa shape index (κ3) is 3.82. The Balaban J connectivity index is 2.15. The van der Waals surface area contributed by atoms with Crippen molar-refractivity contribution in [3.8, 4) is 0 Å². The minimum atomic E-state index is -3.57. The van der Waals surface area contributed by atoms with Crippen molar-refractivity contribution in [1.82, 2.24) is 4.72 Å². The van der Waals surface area contributed by atoms with Gasteiger partial charge in [0.25, 0.3) is 10.0 Å². The second kappa shape index (κ2) is 6.06. The molecule has 0 saturated carbocycles. The number of anilines is 1. The average Bonchev–Trinajstić information content (AvgIpc) is 2.39. The number of hydrogen-bond acceptors (Lipinski definition) is 3. The van der Waals surface area contributed by atoms with Gasteiger partial charge in [-0.2, -0.15) is 0 Å². The molecule has 0 spiro atoms. The molecule has 2 rings (SSSR count). The molecule has 0 unspecified atom stereocenters. The molecule has 1 aliphatic rings. The Morgan fingerprint density at radius 2 is 1.90 bits per heavy atom. The molecule has 106 valence electrons. The lowest BCUT2D eigenvalue weighted by molar-refractivity contribution is 0.589. The second-order valence-corrected chi connectivity index (χ2v) is 6.38. The van der Waals surface area contributed by atoms with Crippen LogP contribution in [-0.4, -0.2) is 13.5 Å². The normalized spacial score (nSPS) is 14.5. The number of allylic oxidation sites excluding steroid dienone is 3. The molecule has 7 heteroatoms. The highest BCUT2D eigenvalue weighted by atomic mass is 32.2. The molecule has 0 radical (unpaired) electrons. The highest BCUT2D eigenvalue weighted by Gasteiger charge is 2.14. The largest absolute Gasteiger partial charge is 0.376 e. The van der Waals surface area contributed by atoms with E-state index < -0.39 is 10.0 Å². The van der Waals surface area contributed by atoms with E-state index in [9.17, 15) is 8.42 Å². The summed E-state index contributed by atoms with van der Waals surface area (Å²) in [6.45, 7) is 0. The van der Waals surface area contributed by atoms with Gasteiger partial charge in [-0.15, -0.1) is 0 Å². The van der Waals surface area contributed by atoms with Crippen LogP contribution in [0.4, 0.5) is 5.69 Å². The van der Waals surface area contributed by atoms with Gasteiger partial charge in [0.2, 0.25) is 0 Å². The zero-order valence-electron chi connectivity index (χ0n) is 10.7. The zero-order chi connectivity index (χ0) is 14.6. The van der Waals surface area contributed by atoms with Crippen molar-refractivity contribution in [2.75, 3.05) is 5.32 Å². The van der Waals surface area contributed by atoms with E-state index in [1.165, 1.54) is 12.1 Å². The summed E-state index contributed by atoms with van der Waals surface area (Å²) < 4.78 is 26.9. The summed E-state index contributed by atoms with van der Waals surface area (Å²) in [6, 6.07) is 6.21. The van der Waals surface area contributed by atoms with Crippen LogP contribution in [0.15, 0.2) is 53.1 Å². The Kier molecular flexibility index (Phi) is 4.41. The van der Waals surface area contributed by atoms with Crippen LogP contribution in [0, 0.1) is 0 Å². The van der Waals surface area contributed by atoms with Crippen molar-refractivity contribution < 1.29 is 8.42 Å². The van der Waals surface area contributed by atoms with Crippen molar-refractivity contribution in [2.24, 2.45) is 5.73 Å². The Labute approximate surface area is 123 Å². The fourth-order valence-electron chi connectivity index (χ4n) is 1.76. The number of nitrogens with one attached hydrogen (secondary N) is 2. The van der Waals surface area contributed by atoms with Crippen LogP contribution in [0.1, 0.15) is 12.8 Å². The van der Waals surface area contributed by atoms with Gasteiger partial charge in [0, 0.05) is 11.4 Å². The first-order chi connectivity index (χ1) is 9.47. The molecule has 0 amide bonds. The van der Waals surface area contributed by atoms with Crippen LogP contribution < -0.4 is 15.8 Å². The van der Waals surface area contributed by atoms with Gasteiger partial charge in [-0.25, -0.2) is 8.42 Å². The Bertz CT molecular complexity index is 661. The number of hydrogen-bond donors (Lipinski definition) is 3. The lowest BCUT2D eigenvalue weighted by Crippen LogP contribution is -2.23. The van der Waals surface area contributed by atoms with Crippen molar-refractivity contribution in [3.63, 3.8) is 0 Å². The highest BCUT2D eigenvalue weighted by Crippen LogP contribution is 2.16. The van der Waals surface area contributed by atoms with E-state index >= 15 is 0 Å². The first-order valence-corrected chi connectivity index (χ1v) is 7.92. The van der Waals surface area contributed by atoms with Crippen molar-refractivity contribution in [1.29, 1.82) is 0 Å². The van der Waals surface area contributed by atoms with Crippen LogP contribution >= 0.6 is 12.2 Å². The van der Waals surface area contributed by atoms with Gasteiger partial charge >= 0.3 is 0 Å². The lowest BCUT2D eigenvalue weighted by Gasteiger charge is -2.11. The Morgan fingerprint density at radius 3 is 2.45 bits per heavy atom. The maximum absolute atomic E-state index is 12.2. The molecule has 1 aromatic rings. The van der Waals surface area contributed by atoms with E-state index in [2.05, 4.69) is 10.0 Å². The third-order valence-corrected chi connectivity index (χ3v) is 4.18. The van der Waals surface area contributed by atoms with E-state index in [1.54, 1.807) is 18.2 Å². The number of sulfonamides is 1. The topological polar surface area (TPSA) is 84.2 Å². The summed E-state index contributed by atoms with van der Waals surface area (Å²) in [5.74, 6) is 0. The number of thiocarbonyl (C=S) groups is 1. The number of rotatable bonds is 4. The number of nitrogens with two attached hydrogens (primary N) is 1. The maximum Gasteiger partial charge on any atom is 0.261 e. The average molecular weight is 309 g/mol. The summed E-state index contributed by atoms with van der Waals surface area (Å²) in [5.41, 5.74) is 6.59. The van der Waals surface area contributed by atoms with Gasteiger partial charge in [0.1, 0.15) is 0 Å². The molecular weight excluding hydrogens is 294 g/mol. The predicted octanol–water partition coefficient (Wildman–Crippen LogP) is 1.85. The van der Waals surface area contributed by atoms with E-state index in [1.807, 2.05) is 12.2 Å². The molecule has 20 heavy (non-hydrogen) atoms. The minimum Gasteiger partial charge on any atom is -0.376 e. The molecule has 0 heterocycles. The van der Waals surface area contributed by atoms with Gasteiger partial charge in [-0.3, -0.25) is 4.72 Å². The Morgan fingerprint density at radius 1 is 1.20 bits per heavy atom. The summed E-state index contributed by atoms with van der Waals surface area (Å²) in [5, 5.41) is 2.87. The summed E-state index contributed by atoms with van der Waals surface area (Å²) >= 11 is 4.71. The molecule has 1 aliphatic carbocycles. The molecule has 0 bridgehead atoms. The van der Waals surface area contributed by atoms with E-state index in [0.717, 1.165) is 12.8 Å². The molecule has 0 atom stereocenters. The zero-order valence-corrected chi connectivity index (χ0v) is 12.3. The molecule has 0 aromatic heterocycles. The molecular formula is C13H15N3O2S2. The maximum atomic E-state index is 12.2. The summed E-state index contributed by atoms with van der Waals surface area (Å²) in [6.07, 6.45) is 7.34. The number of benzene rings is 1. The third-order valence-electron chi connectivity index (χ3n) is 2.68. The van der Waals surface area contributed by atoms with Crippen LogP contribution in [0.3, 0.4) is 0 Å². The SMILES string of the molecule is NC(=S)Nc1ccc(S(=O)(=O)NC2=CCCC=C2)cc1. The lowest BCUT2D eigenvalue weighted by atomic mass is 10.2. The van der Waals surface area contributed by atoms with Crippen LogP contribution in [0.5, 0.6) is 0 Å². The molecule has 4 N–H and O–H groups in total. The van der Waals surface area contributed by atoms with Crippen molar-refractivity contribution in [2.45, 2.75) is 17.7 Å². The van der Waals surface area contributed by atoms with E-state index in [0.29, 0.717) is 11.4 Å². The fraction of sp³-hybridized carbons (Fsp3) is 0.154. The highest BCUT2D eigenvalue weighted by molar-refractivity contribution is 7.89. The molecule has 1 aromatic carbocycles. The smallest absolute Gasteiger partial charge is 0.261 e. The summed E-state index contributed by atoms with van der Waals surface area (Å²) in [7, 11) is -3.57. The molecule has 0 fully saturated rings. The van der Waals surface area contributed by atoms with Gasteiger partial charge in [-0.05, 0) is 55.4 Å². The fourth-order valence-corrected chi connectivity index (χ4v) is 2.95. The van der Waals surface area contributed by atoms with Crippen molar-refractivity contribution in [3.05, 3.63) is 48.2 Å². The van der Waals surface area contributed by atoms with Gasteiger partial charge in [0.05, 0.1) is 4.90 Å². The molecule has 5 nitrogen and oxygen atoms in total. The predicted molar refractivity (Wildman–Crippen MR) is 83.6 cm³/mol. The van der Waals surface area contributed by atoms with Gasteiger partial charge < -0.3 is 11.1 Å². The second-order valence-electron chi connectivity index (χ2n) is 4.26. The van der Waals surface area contributed by atoms with E-state index in [4.69, 9.17) is 18.0 Å². The standard InChI is InChI=1S/C13H15N3O2S2/c14-13(19)15-10-6-8-12(9-7-10)20(17,18)16-11-4-2-1-3-5-11/h2,4-9,16H,1,3H2,(H3,14,15,19). The van der Waals surface area contributed by atoms with Crippen LogP contribution in [-0.2, 0) is 10.0 Å². The van der Waals surface area contributed by atoms with Gasteiger partial charge in [-0.1, -0.05) is 12.2 Å². The van der Waals surface area contributed by atoms with E-state index in [-0.39, 0.29) is 10.0 Å². The van der Waals surface area contributed by atoms with Gasteiger partial charge in [0.15, 0.2) is 5.11 Å². The van der Waals surface area contributed by atoms with Crippen molar-refractivity contribution >= 4 is 33.0 Å². The molecule has 0 aliphatic heterocycles. The first-order valence-electron chi connectivity index (χ1n) is 6.03. The van der Waals surface area contributed by atoms with Crippen LogP contribution in [0.2, 0.25) is 0 Å². The quantitative estimate of drug-likeness (QED) is 0.739. The monoisotopic (exact) mass is 309 g/mol.